The molecule has 0 radical (unpaired) electrons. The van der Waals surface area contributed by atoms with Crippen molar-refractivity contribution in [1.82, 2.24) is 10.3 Å². The number of fused-ring (bicyclic) bond motifs is 1. The fourth-order valence-corrected chi connectivity index (χ4v) is 3.29. The molecule has 0 aliphatic carbocycles. The van der Waals surface area contributed by atoms with Crippen molar-refractivity contribution in [3.8, 4) is 5.75 Å². The molecule has 1 heterocycles. The fraction of sp³-hybridized carbons (Fsp3) is 0.417. The van der Waals surface area contributed by atoms with Gasteiger partial charge < -0.3 is 14.3 Å². The summed E-state index contributed by atoms with van der Waals surface area (Å²) in [6, 6.07) is 15.4. The van der Waals surface area contributed by atoms with E-state index in [0.717, 1.165) is 35.9 Å². The molecule has 0 bridgehead atoms. The lowest BCUT2D eigenvalue weighted by Gasteiger charge is -2.23. The van der Waals surface area contributed by atoms with E-state index in [-0.39, 0.29) is 12.1 Å². The highest BCUT2D eigenvalue weighted by Crippen LogP contribution is 2.28. The van der Waals surface area contributed by atoms with Crippen molar-refractivity contribution in [2.24, 2.45) is 0 Å². The van der Waals surface area contributed by atoms with Crippen molar-refractivity contribution in [2.45, 2.75) is 64.6 Å². The molecule has 3 aromatic rings. The third-order valence-corrected chi connectivity index (χ3v) is 5.17. The van der Waals surface area contributed by atoms with E-state index in [1.807, 2.05) is 36.4 Å². The molecule has 160 valence electrons. The van der Waals surface area contributed by atoms with Crippen LogP contribution in [0, 0.1) is 0 Å². The lowest BCUT2D eigenvalue weighted by atomic mass is 10.0. The molecule has 2 unspecified atom stereocenters. The first-order valence-electron chi connectivity index (χ1n) is 10.4. The summed E-state index contributed by atoms with van der Waals surface area (Å²) in [5, 5.41) is 12.9. The number of oxazole rings is 1. The number of carbonyl (C=O) groups is 1. The molecule has 2 aromatic carbocycles. The van der Waals surface area contributed by atoms with Gasteiger partial charge in [-0.05, 0) is 57.0 Å². The molecule has 2 atom stereocenters. The molecule has 0 saturated heterocycles. The third kappa shape index (κ3) is 5.19. The minimum Gasteiger partial charge on any atom is -0.478 e. The van der Waals surface area contributed by atoms with E-state index in [0.29, 0.717) is 11.6 Å². The van der Waals surface area contributed by atoms with Crippen molar-refractivity contribution in [1.29, 1.82) is 0 Å². The number of para-hydroxylation sites is 2. The molecule has 6 nitrogen and oxygen atoms in total. The molecule has 6 heteroatoms. The Balaban J connectivity index is 1.73. The van der Waals surface area contributed by atoms with Gasteiger partial charge in [0.2, 0.25) is 5.89 Å². The predicted octanol–water partition coefficient (Wildman–Crippen LogP) is 5.65. The Morgan fingerprint density at radius 2 is 1.90 bits per heavy atom. The van der Waals surface area contributed by atoms with Gasteiger partial charge >= 0.3 is 5.97 Å². The standard InChI is InChI=1S/C24H30N2O4/c1-5-6-9-20(22-26-19-10-7-8-11-21(19)29-22)25-16(2)17-12-14-18(15-13-17)30-24(3,4)23(27)28/h7-8,10-16,20,25H,5-6,9H2,1-4H3,(H,27,28). The Morgan fingerprint density at radius 1 is 1.20 bits per heavy atom. The number of hydrogen-bond acceptors (Lipinski definition) is 5. The maximum absolute atomic E-state index is 11.3. The zero-order valence-electron chi connectivity index (χ0n) is 18.0. The average molecular weight is 411 g/mol. The van der Waals surface area contributed by atoms with Crippen LogP contribution in [0.2, 0.25) is 0 Å². The van der Waals surface area contributed by atoms with Crippen LogP contribution >= 0.6 is 0 Å². The number of carboxylic acids is 1. The van der Waals surface area contributed by atoms with Gasteiger partial charge in [0.25, 0.3) is 0 Å². The molecule has 0 spiro atoms. The quantitative estimate of drug-likeness (QED) is 0.449. The van der Waals surface area contributed by atoms with Gasteiger partial charge in [0.1, 0.15) is 11.3 Å². The summed E-state index contributed by atoms with van der Waals surface area (Å²) in [4.78, 5) is 15.9. The van der Waals surface area contributed by atoms with Crippen molar-refractivity contribution in [3.63, 3.8) is 0 Å². The molecule has 2 N–H and O–H groups in total. The Labute approximate surface area is 177 Å². The van der Waals surface area contributed by atoms with Crippen molar-refractivity contribution >= 4 is 17.1 Å². The lowest BCUT2D eigenvalue weighted by molar-refractivity contribution is -0.152. The summed E-state index contributed by atoms with van der Waals surface area (Å²) in [6.07, 6.45) is 3.10. The number of carboxylic acid groups (broad SMARTS) is 1. The van der Waals surface area contributed by atoms with Crippen molar-refractivity contribution in [3.05, 3.63) is 60.0 Å². The summed E-state index contributed by atoms with van der Waals surface area (Å²) in [6.45, 7) is 7.33. The molecule has 0 fully saturated rings. The van der Waals surface area contributed by atoms with Gasteiger partial charge in [-0.1, -0.05) is 44.0 Å². The van der Waals surface area contributed by atoms with Crippen LogP contribution < -0.4 is 10.1 Å². The molecule has 0 aliphatic heterocycles. The number of rotatable bonds is 10. The molecule has 30 heavy (non-hydrogen) atoms. The third-order valence-electron chi connectivity index (χ3n) is 5.17. The van der Waals surface area contributed by atoms with E-state index in [9.17, 15) is 9.90 Å². The molecule has 3 rings (SSSR count). The maximum atomic E-state index is 11.3. The van der Waals surface area contributed by atoms with Crippen LogP contribution in [-0.4, -0.2) is 21.7 Å². The number of benzene rings is 2. The monoisotopic (exact) mass is 410 g/mol. The topological polar surface area (TPSA) is 84.6 Å². The number of unbranched alkanes of at least 4 members (excludes halogenated alkanes) is 1. The SMILES string of the molecule is CCCCC(NC(C)c1ccc(OC(C)(C)C(=O)O)cc1)c1nc2ccccc2o1. The maximum Gasteiger partial charge on any atom is 0.347 e. The molecule has 1 aromatic heterocycles. The lowest BCUT2D eigenvalue weighted by Crippen LogP contribution is -2.37. The van der Waals surface area contributed by atoms with E-state index in [2.05, 4.69) is 24.1 Å². The number of aromatic nitrogens is 1. The minimum atomic E-state index is -1.27. The van der Waals surface area contributed by atoms with Crippen LogP contribution in [0.3, 0.4) is 0 Å². The summed E-state index contributed by atoms with van der Waals surface area (Å²) < 4.78 is 11.6. The van der Waals surface area contributed by atoms with Gasteiger partial charge in [0.05, 0.1) is 6.04 Å². The van der Waals surface area contributed by atoms with E-state index in [1.54, 1.807) is 12.1 Å². The number of aliphatic carboxylic acids is 1. The predicted molar refractivity (Wildman–Crippen MR) is 117 cm³/mol. The molecule has 0 aliphatic rings. The molecular weight excluding hydrogens is 380 g/mol. The van der Waals surface area contributed by atoms with Crippen molar-refractivity contribution < 1.29 is 19.1 Å². The first-order valence-corrected chi connectivity index (χ1v) is 10.4. The van der Waals surface area contributed by atoms with E-state index in [4.69, 9.17) is 9.15 Å². The summed E-state index contributed by atoms with van der Waals surface area (Å²) in [5.74, 6) is 0.234. The van der Waals surface area contributed by atoms with E-state index < -0.39 is 11.6 Å². The van der Waals surface area contributed by atoms with Crippen LogP contribution in [0.1, 0.15) is 70.5 Å². The minimum absolute atomic E-state index is 0.00854. The Morgan fingerprint density at radius 3 is 2.53 bits per heavy atom. The second-order valence-electron chi connectivity index (χ2n) is 8.09. The smallest absolute Gasteiger partial charge is 0.347 e. The largest absolute Gasteiger partial charge is 0.478 e. The van der Waals surface area contributed by atoms with Gasteiger partial charge in [-0.15, -0.1) is 0 Å². The van der Waals surface area contributed by atoms with E-state index in [1.165, 1.54) is 13.8 Å². The van der Waals surface area contributed by atoms with E-state index >= 15 is 0 Å². The average Bonchev–Trinajstić information content (AvgIpc) is 3.15. The van der Waals surface area contributed by atoms with Crippen LogP contribution in [0.25, 0.3) is 11.1 Å². The van der Waals surface area contributed by atoms with Gasteiger partial charge in [-0.25, -0.2) is 9.78 Å². The van der Waals surface area contributed by atoms with Gasteiger partial charge in [0, 0.05) is 6.04 Å². The van der Waals surface area contributed by atoms with Gasteiger partial charge in [-0.2, -0.15) is 0 Å². The normalized spacial score (nSPS) is 13.9. The van der Waals surface area contributed by atoms with Crippen LogP contribution in [0.5, 0.6) is 5.75 Å². The highest BCUT2D eigenvalue weighted by Gasteiger charge is 2.29. The van der Waals surface area contributed by atoms with Gasteiger partial charge in [-0.3, -0.25) is 5.32 Å². The number of ether oxygens (including phenoxy) is 1. The zero-order chi connectivity index (χ0) is 21.7. The first-order chi connectivity index (χ1) is 14.3. The summed E-state index contributed by atoms with van der Waals surface area (Å²) >= 11 is 0. The van der Waals surface area contributed by atoms with Gasteiger partial charge in [0.15, 0.2) is 11.2 Å². The number of nitrogens with one attached hydrogen (secondary N) is 1. The van der Waals surface area contributed by atoms with Crippen LogP contribution in [-0.2, 0) is 4.79 Å². The summed E-state index contributed by atoms with van der Waals surface area (Å²) in [7, 11) is 0. The Hall–Kier alpha value is -2.86. The highest BCUT2D eigenvalue weighted by atomic mass is 16.5. The second kappa shape index (κ2) is 9.30. The molecule has 0 saturated carbocycles. The Bertz CT molecular complexity index is 945. The van der Waals surface area contributed by atoms with Crippen LogP contribution in [0.15, 0.2) is 52.9 Å². The van der Waals surface area contributed by atoms with Crippen molar-refractivity contribution in [2.75, 3.05) is 0 Å². The zero-order valence-corrected chi connectivity index (χ0v) is 18.0. The Kier molecular flexibility index (Phi) is 6.77. The summed E-state index contributed by atoms with van der Waals surface area (Å²) in [5.41, 5.74) is 1.47. The first kappa shape index (κ1) is 21.8. The fourth-order valence-electron chi connectivity index (χ4n) is 3.29. The number of hydrogen-bond donors (Lipinski definition) is 2. The highest BCUT2D eigenvalue weighted by molar-refractivity contribution is 5.76. The molecule has 0 amide bonds. The van der Waals surface area contributed by atoms with Crippen LogP contribution in [0.4, 0.5) is 0 Å². The molecular formula is C24H30N2O4. The number of nitrogens with zero attached hydrogens (tertiary/aromatic N) is 1. The second-order valence-corrected chi connectivity index (χ2v) is 8.09.